The van der Waals surface area contributed by atoms with Crippen LogP contribution in [0.15, 0.2) is 42.6 Å². The Morgan fingerprint density at radius 1 is 1.20 bits per heavy atom. The van der Waals surface area contributed by atoms with Crippen molar-refractivity contribution in [1.82, 2.24) is 15.6 Å². The fourth-order valence-corrected chi connectivity index (χ4v) is 2.50. The van der Waals surface area contributed by atoms with Gasteiger partial charge in [0.1, 0.15) is 11.4 Å². The highest BCUT2D eigenvalue weighted by molar-refractivity contribution is 5.98. The van der Waals surface area contributed by atoms with Gasteiger partial charge < -0.3 is 15.4 Å². The minimum Gasteiger partial charge on any atom is -0.496 e. The van der Waals surface area contributed by atoms with Crippen LogP contribution in [0.1, 0.15) is 39.3 Å². The minimum atomic E-state index is -0.295. The van der Waals surface area contributed by atoms with Crippen molar-refractivity contribution in [2.45, 2.75) is 25.3 Å². The molecule has 1 fully saturated rings. The Kier molecular flexibility index (Phi) is 5.28. The van der Waals surface area contributed by atoms with E-state index in [0.29, 0.717) is 18.5 Å². The topological polar surface area (TPSA) is 80.3 Å². The van der Waals surface area contributed by atoms with E-state index >= 15 is 0 Å². The van der Waals surface area contributed by atoms with Gasteiger partial charge in [-0.05, 0) is 43.0 Å². The van der Waals surface area contributed by atoms with Crippen molar-refractivity contribution in [3.05, 3.63) is 59.4 Å². The maximum Gasteiger partial charge on any atom is 0.269 e. The molecule has 1 aliphatic rings. The molecule has 2 N–H and O–H groups in total. The molecule has 2 amide bonds. The SMILES string of the molecule is COc1ccccc1CCNC(=O)c1cc(C(=O)NC2CC2)ccn1. The lowest BCUT2D eigenvalue weighted by atomic mass is 10.1. The molecule has 6 nitrogen and oxygen atoms in total. The summed E-state index contributed by atoms with van der Waals surface area (Å²) >= 11 is 0. The van der Waals surface area contributed by atoms with Gasteiger partial charge in [0.05, 0.1) is 7.11 Å². The van der Waals surface area contributed by atoms with Crippen molar-refractivity contribution in [1.29, 1.82) is 0 Å². The van der Waals surface area contributed by atoms with Crippen LogP contribution in [-0.2, 0) is 6.42 Å². The molecule has 130 valence electrons. The molecule has 3 rings (SSSR count). The molecule has 0 saturated heterocycles. The van der Waals surface area contributed by atoms with Gasteiger partial charge in [-0.1, -0.05) is 18.2 Å². The molecule has 0 radical (unpaired) electrons. The van der Waals surface area contributed by atoms with Gasteiger partial charge in [-0.3, -0.25) is 14.6 Å². The lowest BCUT2D eigenvalue weighted by molar-refractivity contribution is 0.0949. The predicted octanol–water partition coefficient (Wildman–Crippen LogP) is 1.95. The summed E-state index contributed by atoms with van der Waals surface area (Å²) in [7, 11) is 1.62. The van der Waals surface area contributed by atoms with Crippen molar-refractivity contribution < 1.29 is 14.3 Å². The van der Waals surface area contributed by atoms with Crippen LogP contribution in [0, 0.1) is 0 Å². The summed E-state index contributed by atoms with van der Waals surface area (Å²) in [5.74, 6) is 0.345. The van der Waals surface area contributed by atoms with E-state index in [-0.39, 0.29) is 23.6 Å². The number of pyridine rings is 1. The molecule has 6 heteroatoms. The Morgan fingerprint density at radius 3 is 2.76 bits per heavy atom. The van der Waals surface area contributed by atoms with E-state index in [1.165, 1.54) is 12.3 Å². The van der Waals surface area contributed by atoms with Gasteiger partial charge in [-0.2, -0.15) is 0 Å². The number of benzene rings is 1. The van der Waals surface area contributed by atoms with E-state index < -0.39 is 0 Å². The zero-order chi connectivity index (χ0) is 17.6. The fraction of sp³-hybridized carbons (Fsp3) is 0.316. The number of carbonyl (C=O) groups is 2. The molecule has 1 saturated carbocycles. The van der Waals surface area contributed by atoms with Crippen LogP contribution in [0.3, 0.4) is 0 Å². The summed E-state index contributed by atoms with van der Waals surface area (Å²) in [5.41, 5.74) is 1.72. The van der Waals surface area contributed by atoms with Crippen molar-refractivity contribution in [3.63, 3.8) is 0 Å². The molecule has 1 heterocycles. The summed E-state index contributed by atoms with van der Waals surface area (Å²) in [6.07, 6.45) is 4.18. The number of hydrogen-bond donors (Lipinski definition) is 2. The number of methoxy groups -OCH3 is 1. The third-order valence-electron chi connectivity index (χ3n) is 4.04. The first-order valence-corrected chi connectivity index (χ1v) is 8.34. The summed E-state index contributed by atoms with van der Waals surface area (Å²) in [5, 5.41) is 5.73. The maximum absolute atomic E-state index is 12.3. The predicted molar refractivity (Wildman–Crippen MR) is 93.8 cm³/mol. The third kappa shape index (κ3) is 4.56. The second-order valence-electron chi connectivity index (χ2n) is 6.00. The third-order valence-corrected chi connectivity index (χ3v) is 4.04. The molecule has 2 aromatic rings. The number of aromatic nitrogens is 1. The molecule has 0 aliphatic heterocycles. The lowest BCUT2D eigenvalue weighted by Gasteiger charge is -2.09. The molecular weight excluding hydrogens is 318 g/mol. The number of hydrogen-bond acceptors (Lipinski definition) is 4. The average Bonchev–Trinajstić information content (AvgIpc) is 3.46. The first-order valence-electron chi connectivity index (χ1n) is 8.34. The van der Waals surface area contributed by atoms with Gasteiger partial charge in [0.25, 0.3) is 11.8 Å². The van der Waals surface area contributed by atoms with E-state index in [1.807, 2.05) is 24.3 Å². The smallest absolute Gasteiger partial charge is 0.269 e. The summed E-state index contributed by atoms with van der Waals surface area (Å²) in [6.45, 7) is 0.458. The molecule has 0 bridgehead atoms. The number of para-hydroxylation sites is 1. The van der Waals surface area contributed by atoms with Crippen LogP contribution < -0.4 is 15.4 Å². The van der Waals surface area contributed by atoms with Crippen molar-refractivity contribution in [2.75, 3.05) is 13.7 Å². The summed E-state index contributed by atoms with van der Waals surface area (Å²) < 4.78 is 5.30. The van der Waals surface area contributed by atoms with E-state index in [4.69, 9.17) is 4.74 Å². The molecule has 0 spiro atoms. The highest BCUT2D eigenvalue weighted by atomic mass is 16.5. The van der Waals surface area contributed by atoms with Gasteiger partial charge in [0.2, 0.25) is 0 Å². The maximum atomic E-state index is 12.3. The number of carbonyl (C=O) groups excluding carboxylic acids is 2. The van der Waals surface area contributed by atoms with Crippen LogP contribution in [-0.4, -0.2) is 36.5 Å². The summed E-state index contributed by atoms with van der Waals surface area (Å²) in [4.78, 5) is 28.4. The minimum absolute atomic E-state index is 0.159. The van der Waals surface area contributed by atoms with E-state index in [9.17, 15) is 9.59 Å². The van der Waals surface area contributed by atoms with Gasteiger partial charge in [0.15, 0.2) is 0 Å². The Bertz CT molecular complexity index is 772. The first-order chi connectivity index (χ1) is 12.2. The number of ether oxygens (including phenoxy) is 1. The first kappa shape index (κ1) is 17.0. The monoisotopic (exact) mass is 339 g/mol. The molecule has 1 aliphatic carbocycles. The largest absolute Gasteiger partial charge is 0.496 e. The molecular formula is C19H21N3O3. The molecule has 0 unspecified atom stereocenters. The molecule has 1 aromatic carbocycles. The number of rotatable bonds is 7. The molecule has 25 heavy (non-hydrogen) atoms. The van der Waals surface area contributed by atoms with Gasteiger partial charge in [-0.15, -0.1) is 0 Å². The van der Waals surface area contributed by atoms with Gasteiger partial charge >= 0.3 is 0 Å². The van der Waals surface area contributed by atoms with Crippen molar-refractivity contribution in [3.8, 4) is 5.75 Å². The van der Waals surface area contributed by atoms with E-state index in [1.54, 1.807) is 13.2 Å². The van der Waals surface area contributed by atoms with Crippen LogP contribution >= 0.6 is 0 Å². The quantitative estimate of drug-likeness (QED) is 0.808. The summed E-state index contributed by atoms with van der Waals surface area (Å²) in [6, 6.07) is 11.1. The Balaban J connectivity index is 1.56. The Morgan fingerprint density at radius 2 is 2.00 bits per heavy atom. The Labute approximate surface area is 146 Å². The van der Waals surface area contributed by atoms with E-state index in [2.05, 4.69) is 15.6 Å². The van der Waals surface area contributed by atoms with Crippen LogP contribution in [0.25, 0.3) is 0 Å². The van der Waals surface area contributed by atoms with Crippen LogP contribution in [0.5, 0.6) is 5.75 Å². The number of nitrogens with zero attached hydrogens (tertiary/aromatic N) is 1. The van der Waals surface area contributed by atoms with Crippen LogP contribution in [0.2, 0.25) is 0 Å². The number of nitrogens with one attached hydrogen (secondary N) is 2. The van der Waals surface area contributed by atoms with E-state index in [0.717, 1.165) is 24.2 Å². The fourth-order valence-electron chi connectivity index (χ4n) is 2.50. The van der Waals surface area contributed by atoms with Gasteiger partial charge in [0, 0.05) is 24.3 Å². The zero-order valence-electron chi connectivity index (χ0n) is 14.1. The Hall–Kier alpha value is -2.89. The lowest BCUT2D eigenvalue weighted by Crippen LogP contribution is -2.28. The molecule has 1 aromatic heterocycles. The highest BCUT2D eigenvalue weighted by Crippen LogP contribution is 2.19. The van der Waals surface area contributed by atoms with Crippen LogP contribution in [0.4, 0.5) is 0 Å². The standard InChI is InChI=1S/C19H21N3O3/c1-25-17-5-3-2-4-13(17)8-11-21-19(24)16-12-14(9-10-20-16)18(23)22-15-6-7-15/h2-5,9-10,12,15H,6-8,11H2,1H3,(H,21,24)(H,22,23). The second-order valence-corrected chi connectivity index (χ2v) is 6.00. The van der Waals surface area contributed by atoms with Gasteiger partial charge in [-0.25, -0.2) is 0 Å². The second kappa shape index (κ2) is 7.79. The average molecular weight is 339 g/mol. The molecule has 0 atom stereocenters. The number of amides is 2. The zero-order valence-corrected chi connectivity index (χ0v) is 14.1. The van der Waals surface area contributed by atoms with Crippen molar-refractivity contribution >= 4 is 11.8 Å². The highest BCUT2D eigenvalue weighted by Gasteiger charge is 2.24. The normalized spacial score (nSPS) is 13.2. The van der Waals surface area contributed by atoms with Crippen molar-refractivity contribution in [2.24, 2.45) is 0 Å².